The molecule has 0 spiro atoms. The summed E-state index contributed by atoms with van der Waals surface area (Å²) in [5.41, 5.74) is 0. The zero-order valence-corrected chi connectivity index (χ0v) is 5.93. The van der Waals surface area contributed by atoms with Crippen molar-refractivity contribution in [3.8, 4) is 5.88 Å². The highest BCUT2D eigenvalue weighted by atomic mass is 19.4. The Morgan fingerprint density at radius 3 is 2.75 bits per heavy atom. The van der Waals surface area contributed by atoms with Gasteiger partial charge in [0.05, 0.1) is 0 Å². The molecule has 0 unspecified atom stereocenters. The summed E-state index contributed by atoms with van der Waals surface area (Å²) in [5, 5.41) is 0. The molecule has 1 radical (unpaired) electrons. The zero-order valence-electron chi connectivity index (χ0n) is 5.93. The summed E-state index contributed by atoms with van der Waals surface area (Å²) in [6.07, 6.45) is -3.08. The Kier molecular flexibility index (Phi) is 2.52. The first-order chi connectivity index (χ1) is 5.58. The molecule has 0 amide bonds. The topological polar surface area (TPSA) is 22.1 Å². The van der Waals surface area contributed by atoms with Crippen LogP contribution in [0.1, 0.15) is 0 Å². The Morgan fingerprint density at radius 2 is 2.25 bits per heavy atom. The predicted molar refractivity (Wildman–Crippen MR) is 34.6 cm³/mol. The number of rotatable bonds is 2. The third-order valence-corrected chi connectivity index (χ3v) is 0.972. The molecule has 0 aliphatic heterocycles. The predicted octanol–water partition coefficient (Wildman–Crippen LogP) is 1.82. The van der Waals surface area contributed by atoms with Gasteiger partial charge in [0.2, 0.25) is 5.88 Å². The van der Waals surface area contributed by atoms with Gasteiger partial charge in [-0.1, -0.05) is 0 Å². The molecule has 1 aromatic heterocycles. The SMILES string of the molecule is FC(F)(F)COc1cc[c]cn1. The maximum atomic E-state index is 11.6. The van der Waals surface area contributed by atoms with Crippen molar-refractivity contribution in [3.05, 3.63) is 24.4 Å². The maximum absolute atomic E-state index is 11.6. The zero-order chi connectivity index (χ0) is 9.03. The molecule has 1 heterocycles. The Balaban J connectivity index is 2.44. The lowest BCUT2D eigenvalue weighted by Gasteiger charge is -2.06. The first-order valence-electron chi connectivity index (χ1n) is 3.09. The van der Waals surface area contributed by atoms with Crippen LogP contribution in [0.4, 0.5) is 13.2 Å². The lowest BCUT2D eigenvalue weighted by molar-refractivity contribution is -0.154. The van der Waals surface area contributed by atoms with Crippen LogP contribution < -0.4 is 4.74 Å². The van der Waals surface area contributed by atoms with Gasteiger partial charge in [-0.2, -0.15) is 13.2 Å². The van der Waals surface area contributed by atoms with Gasteiger partial charge in [-0.3, -0.25) is 0 Å². The molecule has 0 fully saturated rings. The number of alkyl halides is 3. The van der Waals surface area contributed by atoms with Crippen LogP contribution >= 0.6 is 0 Å². The molecular weight excluding hydrogens is 171 g/mol. The molecule has 0 saturated heterocycles. The van der Waals surface area contributed by atoms with E-state index in [-0.39, 0.29) is 5.88 Å². The maximum Gasteiger partial charge on any atom is 0.422 e. The highest BCUT2D eigenvalue weighted by Gasteiger charge is 2.28. The molecule has 12 heavy (non-hydrogen) atoms. The number of aromatic nitrogens is 1. The first kappa shape index (κ1) is 8.83. The normalized spacial score (nSPS) is 11.2. The lowest BCUT2D eigenvalue weighted by Crippen LogP contribution is -2.19. The van der Waals surface area contributed by atoms with Crippen LogP contribution in [-0.4, -0.2) is 17.8 Å². The van der Waals surface area contributed by atoms with Crippen molar-refractivity contribution in [1.82, 2.24) is 4.98 Å². The summed E-state index contributed by atoms with van der Waals surface area (Å²) >= 11 is 0. The summed E-state index contributed by atoms with van der Waals surface area (Å²) in [6, 6.07) is 5.30. The third-order valence-electron chi connectivity index (χ3n) is 0.972. The second-order valence-electron chi connectivity index (χ2n) is 2.00. The van der Waals surface area contributed by atoms with E-state index in [0.29, 0.717) is 0 Å². The molecule has 5 heteroatoms. The van der Waals surface area contributed by atoms with E-state index in [0.717, 1.165) is 0 Å². The standard InChI is InChI=1S/C7H5F3NO/c8-7(9,10)5-12-6-3-1-2-4-11-6/h1,3-4H,5H2. The Morgan fingerprint density at radius 1 is 1.50 bits per heavy atom. The van der Waals surface area contributed by atoms with Crippen molar-refractivity contribution in [2.24, 2.45) is 0 Å². The van der Waals surface area contributed by atoms with Crippen LogP contribution in [0.5, 0.6) is 5.88 Å². The van der Waals surface area contributed by atoms with Gasteiger partial charge in [0.15, 0.2) is 6.61 Å². The van der Waals surface area contributed by atoms with Crippen LogP contribution in [0.2, 0.25) is 0 Å². The molecule has 0 bridgehead atoms. The summed E-state index contributed by atoms with van der Waals surface area (Å²) in [5.74, 6) is -0.0499. The highest BCUT2D eigenvalue weighted by molar-refractivity contribution is 5.08. The molecule has 0 atom stereocenters. The average molecular weight is 176 g/mol. The first-order valence-corrected chi connectivity index (χ1v) is 3.09. The van der Waals surface area contributed by atoms with Gasteiger partial charge in [0.1, 0.15) is 0 Å². The van der Waals surface area contributed by atoms with Crippen LogP contribution in [0.3, 0.4) is 0 Å². The van der Waals surface area contributed by atoms with E-state index in [9.17, 15) is 13.2 Å². The number of hydrogen-bond donors (Lipinski definition) is 0. The number of halogens is 3. The molecule has 0 saturated carbocycles. The molecule has 1 aromatic rings. The van der Waals surface area contributed by atoms with Crippen molar-refractivity contribution < 1.29 is 17.9 Å². The monoisotopic (exact) mass is 176 g/mol. The van der Waals surface area contributed by atoms with Gasteiger partial charge in [0.25, 0.3) is 0 Å². The molecule has 0 aliphatic rings. The summed E-state index contributed by atoms with van der Waals surface area (Å²) in [6.45, 7) is -1.32. The van der Waals surface area contributed by atoms with E-state index in [1.165, 1.54) is 18.3 Å². The fourth-order valence-corrected chi connectivity index (χ4v) is 0.548. The van der Waals surface area contributed by atoms with E-state index >= 15 is 0 Å². The van der Waals surface area contributed by atoms with Crippen LogP contribution in [0, 0.1) is 6.07 Å². The number of hydrogen-bond acceptors (Lipinski definition) is 2. The van der Waals surface area contributed by atoms with Crippen molar-refractivity contribution in [2.75, 3.05) is 6.61 Å². The van der Waals surface area contributed by atoms with Gasteiger partial charge in [-0.15, -0.1) is 0 Å². The molecule has 1 rings (SSSR count). The van der Waals surface area contributed by atoms with Gasteiger partial charge in [-0.05, 0) is 6.07 Å². The average Bonchev–Trinajstić information content (AvgIpc) is 2.02. The van der Waals surface area contributed by atoms with E-state index < -0.39 is 12.8 Å². The largest absolute Gasteiger partial charge is 0.468 e. The minimum absolute atomic E-state index is 0.0499. The third kappa shape index (κ3) is 3.23. The number of nitrogens with zero attached hydrogens (tertiary/aromatic N) is 1. The summed E-state index contributed by atoms with van der Waals surface area (Å²) < 4.78 is 39.1. The van der Waals surface area contributed by atoms with E-state index in [1.54, 1.807) is 0 Å². The quantitative estimate of drug-likeness (QED) is 0.685. The van der Waals surface area contributed by atoms with Gasteiger partial charge in [-0.25, -0.2) is 4.98 Å². The number of pyridine rings is 1. The Hall–Kier alpha value is -1.26. The second kappa shape index (κ2) is 3.42. The van der Waals surface area contributed by atoms with Crippen LogP contribution in [0.15, 0.2) is 18.3 Å². The second-order valence-corrected chi connectivity index (χ2v) is 2.00. The van der Waals surface area contributed by atoms with Crippen molar-refractivity contribution in [1.29, 1.82) is 0 Å². The molecular formula is C7H5F3NO. The molecule has 2 nitrogen and oxygen atoms in total. The van der Waals surface area contributed by atoms with E-state index in [1.807, 2.05) is 0 Å². The smallest absolute Gasteiger partial charge is 0.422 e. The van der Waals surface area contributed by atoms with E-state index in [2.05, 4.69) is 15.8 Å². The minimum Gasteiger partial charge on any atom is -0.468 e. The summed E-state index contributed by atoms with van der Waals surface area (Å²) in [4.78, 5) is 3.50. The summed E-state index contributed by atoms with van der Waals surface area (Å²) in [7, 11) is 0. The Labute approximate surface area is 67.0 Å². The molecule has 0 aromatic carbocycles. The van der Waals surface area contributed by atoms with E-state index in [4.69, 9.17) is 0 Å². The molecule has 0 N–H and O–H groups in total. The fraction of sp³-hybridized carbons (Fsp3) is 0.286. The van der Waals surface area contributed by atoms with Crippen molar-refractivity contribution in [3.63, 3.8) is 0 Å². The van der Waals surface area contributed by atoms with Crippen LogP contribution in [0.25, 0.3) is 0 Å². The van der Waals surface area contributed by atoms with Crippen molar-refractivity contribution in [2.45, 2.75) is 6.18 Å². The lowest BCUT2D eigenvalue weighted by atomic mass is 10.5. The minimum atomic E-state index is -4.32. The molecule has 65 valence electrons. The van der Waals surface area contributed by atoms with Crippen molar-refractivity contribution >= 4 is 0 Å². The van der Waals surface area contributed by atoms with Crippen LogP contribution in [-0.2, 0) is 0 Å². The molecule has 0 aliphatic carbocycles. The number of ether oxygens (including phenoxy) is 1. The van der Waals surface area contributed by atoms with Gasteiger partial charge < -0.3 is 4.74 Å². The van der Waals surface area contributed by atoms with Gasteiger partial charge >= 0.3 is 6.18 Å². The van der Waals surface area contributed by atoms with Gasteiger partial charge in [0, 0.05) is 18.3 Å². The fourth-order valence-electron chi connectivity index (χ4n) is 0.548. The Bertz CT molecular complexity index is 234. The highest BCUT2D eigenvalue weighted by Crippen LogP contribution is 2.16.